The largest absolute Gasteiger partial charge is 0.426 e. The minimum atomic E-state index is -5.20. The van der Waals surface area contributed by atoms with E-state index >= 15 is 0 Å². The Balaban J connectivity index is 1.99. The molecular weight excluding hydrogens is 437 g/mol. The second-order valence-electron chi connectivity index (χ2n) is 8.24. The summed E-state index contributed by atoms with van der Waals surface area (Å²) in [5.41, 5.74) is -2.27. The van der Waals surface area contributed by atoms with Crippen LogP contribution in [-0.4, -0.2) is 35.0 Å². The van der Waals surface area contributed by atoms with E-state index < -0.39 is 35.6 Å². The number of anilines is 1. The molecule has 2 unspecified atom stereocenters. The predicted octanol–water partition coefficient (Wildman–Crippen LogP) is 4.51. The van der Waals surface area contributed by atoms with Gasteiger partial charge in [-0.25, -0.2) is 4.79 Å². The lowest BCUT2D eigenvalue weighted by Gasteiger charge is -2.35. The van der Waals surface area contributed by atoms with E-state index in [9.17, 15) is 27.9 Å². The minimum Gasteiger partial charge on any atom is -0.373 e. The van der Waals surface area contributed by atoms with E-state index in [0.717, 1.165) is 17.5 Å². The molecule has 176 valence electrons. The van der Waals surface area contributed by atoms with Crippen molar-refractivity contribution < 1.29 is 27.6 Å². The fraction of sp³-hybridized carbons (Fsp3) is 0.375. The molecule has 33 heavy (non-hydrogen) atoms. The van der Waals surface area contributed by atoms with Crippen molar-refractivity contribution in [2.75, 3.05) is 11.9 Å². The first-order chi connectivity index (χ1) is 15.4. The van der Waals surface area contributed by atoms with E-state index in [1.807, 2.05) is 6.92 Å². The molecule has 0 fully saturated rings. The fourth-order valence-electron chi connectivity index (χ4n) is 3.78. The van der Waals surface area contributed by atoms with Gasteiger partial charge in [0.1, 0.15) is 0 Å². The minimum absolute atomic E-state index is 0.0836. The highest BCUT2D eigenvalue weighted by atomic mass is 19.4. The maximum atomic E-state index is 14.0. The fourth-order valence-corrected chi connectivity index (χ4v) is 3.78. The smallest absolute Gasteiger partial charge is 0.373 e. The number of hydrogen-bond donors (Lipinski definition) is 1. The number of likely N-dealkylation sites (N-methyl/N-ethyl adjacent to an activating group) is 1. The summed E-state index contributed by atoms with van der Waals surface area (Å²) < 4.78 is 46.8. The molecule has 1 amide bonds. The van der Waals surface area contributed by atoms with Crippen molar-refractivity contribution in [1.82, 2.24) is 5.16 Å². The summed E-state index contributed by atoms with van der Waals surface area (Å²) in [7, 11) is 1.15. The van der Waals surface area contributed by atoms with Crippen LogP contribution in [0, 0.1) is 6.92 Å². The lowest BCUT2D eigenvalue weighted by Crippen LogP contribution is -2.58. The molecule has 0 bridgehead atoms. The van der Waals surface area contributed by atoms with Crippen LogP contribution < -0.4 is 10.5 Å². The molecule has 0 aliphatic heterocycles. The van der Waals surface area contributed by atoms with Crippen LogP contribution in [-0.2, 0) is 11.2 Å². The van der Waals surface area contributed by atoms with Crippen molar-refractivity contribution in [2.24, 2.45) is 0 Å². The van der Waals surface area contributed by atoms with Gasteiger partial charge in [-0.05, 0) is 43.0 Å². The third-order valence-corrected chi connectivity index (χ3v) is 5.87. The summed E-state index contributed by atoms with van der Waals surface area (Å²) in [6.45, 7) is 5.16. The summed E-state index contributed by atoms with van der Waals surface area (Å²) in [5, 5.41) is 15.0. The lowest BCUT2D eigenvalue weighted by atomic mass is 9.85. The van der Waals surface area contributed by atoms with Crippen LogP contribution in [0.4, 0.5) is 18.9 Å². The van der Waals surface area contributed by atoms with Gasteiger partial charge in [-0.2, -0.15) is 13.2 Å². The van der Waals surface area contributed by atoms with Crippen LogP contribution in [0.25, 0.3) is 10.8 Å². The van der Waals surface area contributed by atoms with Gasteiger partial charge in [0.05, 0.1) is 11.1 Å². The van der Waals surface area contributed by atoms with Crippen LogP contribution in [0.2, 0.25) is 0 Å². The summed E-state index contributed by atoms with van der Waals surface area (Å²) in [4.78, 5) is 25.7. The number of amides is 1. The number of halogens is 3. The van der Waals surface area contributed by atoms with Crippen molar-refractivity contribution in [2.45, 2.75) is 51.3 Å². The van der Waals surface area contributed by atoms with Gasteiger partial charge in [0.15, 0.2) is 0 Å². The van der Waals surface area contributed by atoms with Gasteiger partial charge in [0.2, 0.25) is 5.60 Å². The molecule has 0 radical (unpaired) electrons. The van der Waals surface area contributed by atoms with Crippen LogP contribution in [0.3, 0.4) is 0 Å². The zero-order valence-corrected chi connectivity index (χ0v) is 18.7. The summed E-state index contributed by atoms with van der Waals surface area (Å²) >= 11 is 0. The van der Waals surface area contributed by atoms with Gasteiger partial charge in [-0.15, -0.1) is 0 Å². The van der Waals surface area contributed by atoms with Crippen molar-refractivity contribution in [3.05, 3.63) is 69.7 Å². The summed E-state index contributed by atoms with van der Waals surface area (Å²) in [5.74, 6) is -2.26. The third kappa shape index (κ3) is 4.64. The van der Waals surface area contributed by atoms with Crippen LogP contribution in [0.15, 0.2) is 51.8 Å². The van der Waals surface area contributed by atoms with Crippen LogP contribution in [0.1, 0.15) is 43.0 Å². The van der Waals surface area contributed by atoms with Gasteiger partial charge in [0, 0.05) is 24.5 Å². The first kappa shape index (κ1) is 24.4. The second-order valence-corrected chi connectivity index (χ2v) is 8.24. The first-order valence-electron chi connectivity index (χ1n) is 10.5. The number of carbonyl (C=O) groups is 1. The van der Waals surface area contributed by atoms with E-state index in [-0.39, 0.29) is 11.1 Å². The van der Waals surface area contributed by atoms with E-state index in [1.165, 1.54) is 25.1 Å². The number of benzene rings is 2. The number of aliphatic hydroxyl groups is 1. The van der Waals surface area contributed by atoms with Crippen molar-refractivity contribution in [3.8, 4) is 0 Å². The molecule has 2 atom stereocenters. The van der Waals surface area contributed by atoms with Crippen LogP contribution in [0.5, 0.6) is 0 Å². The number of fused-ring (bicyclic) bond motifs is 1. The van der Waals surface area contributed by atoms with Gasteiger partial charge >= 0.3 is 11.8 Å². The molecule has 0 saturated heterocycles. The summed E-state index contributed by atoms with van der Waals surface area (Å²) in [6.07, 6.45) is -5.64. The topological polar surface area (TPSA) is 83.6 Å². The van der Waals surface area contributed by atoms with Gasteiger partial charge in [-0.1, -0.05) is 48.8 Å². The molecule has 6 nitrogen and oxygen atoms in total. The highest BCUT2D eigenvalue weighted by Crippen LogP contribution is 2.40. The number of hydrogen-bond acceptors (Lipinski definition) is 5. The van der Waals surface area contributed by atoms with Crippen LogP contribution >= 0.6 is 0 Å². The maximum absolute atomic E-state index is 14.0. The zero-order valence-electron chi connectivity index (χ0n) is 18.7. The van der Waals surface area contributed by atoms with Gasteiger partial charge in [0.25, 0.3) is 5.91 Å². The van der Waals surface area contributed by atoms with Crippen molar-refractivity contribution in [3.63, 3.8) is 0 Å². The molecule has 1 N–H and O–H groups in total. The molecule has 0 saturated carbocycles. The number of carbonyl (C=O) groups excluding carboxylic acids is 1. The average molecular weight is 462 g/mol. The Bertz CT molecular complexity index is 1220. The van der Waals surface area contributed by atoms with E-state index in [2.05, 4.69) is 5.16 Å². The number of aryl methyl sites for hydroxylation is 2. The number of alkyl halides is 3. The molecule has 0 spiro atoms. The molecule has 9 heteroatoms. The molecule has 3 rings (SSSR count). The quantitative estimate of drug-likeness (QED) is 0.583. The number of aromatic nitrogens is 1. The molecule has 0 aliphatic carbocycles. The monoisotopic (exact) mass is 462 g/mol. The third-order valence-electron chi connectivity index (χ3n) is 5.87. The van der Waals surface area contributed by atoms with E-state index in [1.54, 1.807) is 31.2 Å². The Hall–Kier alpha value is -3.20. The van der Waals surface area contributed by atoms with Crippen molar-refractivity contribution in [1.29, 1.82) is 0 Å². The second kappa shape index (κ2) is 8.97. The van der Waals surface area contributed by atoms with Crippen molar-refractivity contribution >= 4 is 22.4 Å². The normalized spacial score (nSPS) is 14.7. The zero-order chi connectivity index (χ0) is 24.6. The molecular formula is C24H25F3N2O4. The molecule has 1 aromatic heterocycles. The molecule has 1 heterocycles. The highest BCUT2D eigenvalue weighted by Gasteiger charge is 2.60. The Morgan fingerprint density at radius 1 is 1.15 bits per heavy atom. The van der Waals surface area contributed by atoms with Gasteiger partial charge in [-0.3, -0.25) is 4.79 Å². The molecule has 3 aromatic rings. The highest BCUT2D eigenvalue weighted by molar-refractivity contribution is 6.01. The lowest BCUT2D eigenvalue weighted by molar-refractivity contribution is -0.253. The molecule has 2 aromatic carbocycles. The van der Waals surface area contributed by atoms with Gasteiger partial charge < -0.3 is 14.5 Å². The van der Waals surface area contributed by atoms with E-state index in [0.29, 0.717) is 23.1 Å². The first-order valence-corrected chi connectivity index (χ1v) is 10.5. The summed E-state index contributed by atoms with van der Waals surface area (Å²) in [6, 6.07) is 11.0. The standard InChI is InChI=1S/C24H25F3N2O4/c1-5-20-19-12-17(10-11-18(19)21(30)33-28-20)29(4)22(31)23(32,24(25,26)27)13-15(3)16-8-6-14(2)7-9-16/h6-12,15,32H,5,13H2,1-4H3. The SMILES string of the molecule is CCc1noc(=O)c2ccc(N(C)C(=O)C(O)(CC(C)c3ccc(C)cc3)C(F)(F)F)cc12. The molecule has 0 aliphatic rings. The van der Waals surface area contributed by atoms with E-state index in [4.69, 9.17) is 4.52 Å². The Labute approximate surface area is 188 Å². The Morgan fingerprint density at radius 3 is 2.36 bits per heavy atom. The Kier molecular flexibility index (Phi) is 6.65. The predicted molar refractivity (Wildman–Crippen MR) is 118 cm³/mol. The maximum Gasteiger partial charge on any atom is 0.426 e. The Morgan fingerprint density at radius 2 is 1.79 bits per heavy atom. The number of rotatable bonds is 6. The average Bonchev–Trinajstić information content (AvgIpc) is 2.77. The number of nitrogens with zero attached hydrogens (tertiary/aromatic N) is 2.